The maximum Gasteiger partial charge on any atom is 0.232 e. The first kappa shape index (κ1) is 11.6. The number of hydrogen-bond acceptors (Lipinski definition) is 3. The number of aryl methyl sites for hydroxylation is 3. The third-order valence-corrected chi connectivity index (χ3v) is 2.57. The standard InChI is InChI=1S/C13H14FNO2/c1-8-4-5-11(14)6-12(8)16-7-13-15-9(2)10(3)17-13/h4-6H,7H2,1-3H3. The van der Waals surface area contributed by atoms with Gasteiger partial charge in [-0.25, -0.2) is 9.37 Å². The Morgan fingerprint density at radius 2 is 2.06 bits per heavy atom. The fourth-order valence-electron chi connectivity index (χ4n) is 1.47. The summed E-state index contributed by atoms with van der Waals surface area (Å²) in [5, 5.41) is 0. The highest BCUT2D eigenvalue weighted by atomic mass is 19.1. The number of ether oxygens (including phenoxy) is 1. The number of oxazole rings is 1. The molecule has 90 valence electrons. The Labute approximate surface area is 99.2 Å². The maximum absolute atomic E-state index is 13.0. The fourth-order valence-corrected chi connectivity index (χ4v) is 1.47. The fraction of sp³-hybridized carbons (Fsp3) is 0.308. The van der Waals surface area contributed by atoms with Crippen LogP contribution in [0.3, 0.4) is 0 Å². The van der Waals surface area contributed by atoms with Crippen LogP contribution in [0, 0.1) is 26.6 Å². The zero-order valence-corrected chi connectivity index (χ0v) is 10.1. The quantitative estimate of drug-likeness (QED) is 0.818. The molecule has 0 fully saturated rings. The highest BCUT2D eigenvalue weighted by Crippen LogP contribution is 2.20. The molecule has 1 aromatic carbocycles. The van der Waals surface area contributed by atoms with E-state index in [9.17, 15) is 4.39 Å². The molecule has 0 aliphatic heterocycles. The molecular formula is C13H14FNO2. The summed E-state index contributed by atoms with van der Waals surface area (Å²) in [6.07, 6.45) is 0. The first-order valence-corrected chi connectivity index (χ1v) is 5.38. The third kappa shape index (κ3) is 2.64. The highest BCUT2D eigenvalue weighted by Gasteiger charge is 2.07. The molecule has 2 rings (SSSR count). The van der Waals surface area contributed by atoms with Crippen molar-refractivity contribution in [3.05, 3.63) is 46.9 Å². The summed E-state index contributed by atoms with van der Waals surface area (Å²) >= 11 is 0. The summed E-state index contributed by atoms with van der Waals surface area (Å²) < 4.78 is 23.9. The molecule has 0 unspecified atom stereocenters. The molecule has 2 aromatic rings. The first-order chi connectivity index (χ1) is 8.06. The van der Waals surface area contributed by atoms with Gasteiger partial charge in [-0.3, -0.25) is 0 Å². The van der Waals surface area contributed by atoms with Crippen molar-refractivity contribution in [3.8, 4) is 5.75 Å². The van der Waals surface area contributed by atoms with Gasteiger partial charge in [0.2, 0.25) is 5.89 Å². The van der Waals surface area contributed by atoms with Gasteiger partial charge in [-0.05, 0) is 32.4 Å². The van der Waals surface area contributed by atoms with Crippen molar-refractivity contribution >= 4 is 0 Å². The molecule has 3 nitrogen and oxygen atoms in total. The van der Waals surface area contributed by atoms with E-state index in [1.54, 1.807) is 6.07 Å². The van der Waals surface area contributed by atoms with Crippen molar-refractivity contribution in [2.24, 2.45) is 0 Å². The zero-order valence-electron chi connectivity index (χ0n) is 10.1. The Morgan fingerprint density at radius 3 is 2.71 bits per heavy atom. The van der Waals surface area contributed by atoms with Gasteiger partial charge in [0.1, 0.15) is 17.3 Å². The molecular weight excluding hydrogens is 221 g/mol. The van der Waals surface area contributed by atoms with E-state index in [4.69, 9.17) is 9.15 Å². The summed E-state index contributed by atoms with van der Waals surface area (Å²) in [5.74, 6) is 1.48. The molecule has 0 aliphatic rings. The molecule has 0 N–H and O–H groups in total. The molecule has 0 atom stereocenters. The van der Waals surface area contributed by atoms with Crippen molar-refractivity contribution in [1.29, 1.82) is 0 Å². The second-order valence-electron chi connectivity index (χ2n) is 3.95. The highest BCUT2D eigenvalue weighted by molar-refractivity contribution is 5.32. The van der Waals surface area contributed by atoms with Crippen molar-refractivity contribution in [2.45, 2.75) is 27.4 Å². The molecule has 0 saturated heterocycles. The second kappa shape index (κ2) is 4.57. The van der Waals surface area contributed by atoms with E-state index in [1.807, 2.05) is 20.8 Å². The Kier molecular flexibility index (Phi) is 3.13. The van der Waals surface area contributed by atoms with Gasteiger partial charge in [0.15, 0.2) is 6.61 Å². The molecule has 0 saturated carbocycles. The molecule has 0 spiro atoms. The Hall–Kier alpha value is -1.84. The van der Waals surface area contributed by atoms with Gasteiger partial charge in [-0.2, -0.15) is 0 Å². The SMILES string of the molecule is Cc1ccc(F)cc1OCc1nc(C)c(C)o1. The Bertz CT molecular complexity index is 515. The Balaban J connectivity index is 2.09. The average Bonchev–Trinajstić information content (AvgIpc) is 2.60. The van der Waals surface area contributed by atoms with Gasteiger partial charge in [0, 0.05) is 6.07 Å². The van der Waals surface area contributed by atoms with E-state index in [0.29, 0.717) is 11.6 Å². The third-order valence-electron chi connectivity index (χ3n) is 2.57. The van der Waals surface area contributed by atoms with Crippen LogP contribution in [0.25, 0.3) is 0 Å². The molecule has 1 heterocycles. The van der Waals surface area contributed by atoms with Crippen LogP contribution in [0.5, 0.6) is 5.75 Å². The molecule has 4 heteroatoms. The van der Waals surface area contributed by atoms with E-state index >= 15 is 0 Å². The van der Waals surface area contributed by atoms with Crippen LogP contribution in [0.1, 0.15) is 22.9 Å². The van der Waals surface area contributed by atoms with Crippen molar-refractivity contribution in [3.63, 3.8) is 0 Å². The van der Waals surface area contributed by atoms with E-state index in [0.717, 1.165) is 17.0 Å². The largest absolute Gasteiger partial charge is 0.483 e. The smallest absolute Gasteiger partial charge is 0.232 e. The van der Waals surface area contributed by atoms with Crippen LogP contribution in [0.4, 0.5) is 4.39 Å². The van der Waals surface area contributed by atoms with Crippen LogP contribution >= 0.6 is 0 Å². The number of benzene rings is 1. The lowest BCUT2D eigenvalue weighted by molar-refractivity contribution is 0.258. The Morgan fingerprint density at radius 1 is 1.29 bits per heavy atom. The predicted molar refractivity (Wildman–Crippen MR) is 61.4 cm³/mol. The van der Waals surface area contributed by atoms with E-state index in [-0.39, 0.29) is 12.4 Å². The van der Waals surface area contributed by atoms with Gasteiger partial charge in [-0.1, -0.05) is 6.07 Å². The van der Waals surface area contributed by atoms with Gasteiger partial charge in [0.05, 0.1) is 5.69 Å². The van der Waals surface area contributed by atoms with Crippen molar-refractivity contribution < 1.29 is 13.5 Å². The number of hydrogen-bond donors (Lipinski definition) is 0. The summed E-state index contributed by atoms with van der Waals surface area (Å²) in [5.41, 5.74) is 1.73. The predicted octanol–water partition coefficient (Wildman–Crippen LogP) is 3.32. The second-order valence-corrected chi connectivity index (χ2v) is 3.95. The topological polar surface area (TPSA) is 35.3 Å². The molecule has 0 amide bonds. The van der Waals surface area contributed by atoms with E-state index in [2.05, 4.69) is 4.98 Å². The summed E-state index contributed by atoms with van der Waals surface area (Å²) in [6.45, 7) is 5.79. The molecule has 0 aliphatic carbocycles. The molecule has 0 radical (unpaired) electrons. The average molecular weight is 235 g/mol. The van der Waals surface area contributed by atoms with Gasteiger partial charge in [0.25, 0.3) is 0 Å². The van der Waals surface area contributed by atoms with E-state index in [1.165, 1.54) is 12.1 Å². The lowest BCUT2D eigenvalue weighted by atomic mass is 10.2. The number of aromatic nitrogens is 1. The van der Waals surface area contributed by atoms with Crippen LogP contribution in [-0.2, 0) is 6.61 Å². The van der Waals surface area contributed by atoms with Crippen LogP contribution in [0.15, 0.2) is 22.6 Å². The number of halogens is 1. The summed E-state index contributed by atoms with van der Waals surface area (Å²) in [6, 6.07) is 4.44. The lowest BCUT2D eigenvalue weighted by Crippen LogP contribution is -1.97. The minimum atomic E-state index is -0.314. The summed E-state index contributed by atoms with van der Waals surface area (Å²) in [7, 11) is 0. The van der Waals surface area contributed by atoms with Crippen LogP contribution in [0.2, 0.25) is 0 Å². The van der Waals surface area contributed by atoms with Crippen LogP contribution < -0.4 is 4.74 Å². The van der Waals surface area contributed by atoms with Gasteiger partial charge in [-0.15, -0.1) is 0 Å². The zero-order chi connectivity index (χ0) is 12.4. The maximum atomic E-state index is 13.0. The molecule has 1 aromatic heterocycles. The number of nitrogens with zero attached hydrogens (tertiary/aromatic N) is 1. The molecule has 0 bridgehead atoms. The normalized spacial score (nSPS) is 10.6. The van der Waals surface area contributed by atoms with Crippen molar-refractivity contribution in [2.75, 3.05) is 0 Å². The number of rotatable bonds is 3. The van der Waals surface area contributed by atoms with Gasteiger partial charge >= 0.3 is 0 Å². The van der Waals surface area contributed by atoms with E-state index < -0.39 is 0 Å². The first-order valence-electron chi connectivity index (χ1n) is 5.38. The molecule has 17 heavy (non-hydrogen) atoms. The minimum Gasteiger partial charge on any atom is -0.483 e. The minimum absolute atomic E-state index is 0.207. The van der Waals surface area contributed by atoms with Crippen LogP contribution in [-0.4, -0.2) is 4.98 Å². The monoisotopic (exact) mass is 235 g/mol. The van der Waals surface area contributed by atoms with Crippen molar-refractivity contribution in [1.82, 2.24) is 4.98 Å². The summed E-state index contributed by atoms with van der Waals surface area (Å²) in [4.78, 5) is 4.19. The van der Waals surface area contributed by atoms with Gasteiger partial charge < -0.3 is 9.15 Å². The lowest BCUT2D eigenvalue weighted by Gasteiger charge is -2.06.